The van der Waals surface area contributed by atoms with Crippen LogP contribution in [0.15, 0.2) is 29.2 Å². The quantitative estimate of drug-likeness (QED) is 0.698. The lowest BCUT2D eigenvalue weighted by Gasteiger charge is -2.16. The van der Waals surface area contributed by atoms with Crippen LogP contribution in [0.5, 0.6) is 0 Å². The number of rotatable bonds is 7. The summed E-state index contributed by atoms with van der Waals surface area (Å²) in [6.07, 6.45) is 0.734. The van der Waals surface area contributed by atoms with Gasteiger partial charge in [-0.2, -0.15) is 0 Å². The lowest BCUT2D eigenvalue weighted by molar-refractivity contribution is -0.138. The van der Waals surface area contributed by atoms with Crippen molar-refractivity contribution in [2.45, 2.75) is 24.7 Å². The third kappa shape index (κ3) is 4.88. The van der Waals surface area contributed by atoms with Crippen LogP contribution in [-0.4, -0.2) is 26.0 Å². The maximum Gasteiger partial charge on any atom is 0.303 e. The van der Waals surface area contributed by atoms with Crippen LogP contribution in [-0.2, 0) is 14.8 Å². The molecule has 19 heavy (non-hydrogen) atoms. The predicted octanol–water partition coefficient (Wildman–Crippen LogP) is 1.25. The number of anilines is 1. The Labute approximate surface area is 112 Å². The molecule has 106 valence electrons. The molecule has 0 aliphatic rings. The Morgan fingerprint density at radius 1 is 1.42 bits per heavy atom. The SMILES string of the molecule is CCC(CNc1ccccc1S(N)(=O)=O)CC(=O)O. The first kappa shape index (κ1) is 15.5. The Hall–Kier alpha value is -1.60. The molecule has 0 bridgehead atoms. The van der Waals surface area contributed by atoms with Crippen molar-refractivity contribution in [2.24, 2.45) is 11.1 Å². The lowest BCUT2D eigenvalue weighted by atomic mass is 10.0. The van der Waals surface area contributed by atoms with Crippen molar-refractivity contribution >= 4 is 21.7 Å². The van der Waals surface area contributed by atoms with Crippen LogP contribution in [0.4, 0.5) is 5.69 Å². The average molecular weight is 286 g/mol. The number of hydrogen-bond acceptors (Lipinski definition) is 4. The van der Waals surface area contributed by atoms with Crippen LogP contribution >= 0.6 is 0 Å². The fourth-order valence-electron chi connectivity index (χ4n) is 1.72. The molecule has 6 nitrogen and oxygen atoms in total. The van der Waals surface area contributed by atoms with Gasteiger partial charge in [-0.15, -0.1) is 0 Å². The number of sulfonamides is 1. The number of nitrogens with two attached hydrogens (primary N) is 1. The average Bonchev–Trinajstić information content (AvgIpc) is 2.33. The van der Waals surface area contributed by atoms with Crippen molar-refractivity contribution in [2.75, 3.05) is 11.9 Å². The summed E-state index contributed by atoms with van der Waals surface area (Å²) < 4.78 is 22.8. The molecule has 0 spiro atoms. The molecule has 1 aromatic rings. The Kier molecular flexibility index (Phi) is 5.31. The molecule has 1 rings (SSSR count). The molecule has 0 aliphatic heterocycles. The minimum Gasteiger partial charge on any atom is -0.481 e. The maximum atomic E-state index is 11.4. The summed E-state index contributed by atoms with van der Waals surface area (Å²) in [6.45, 7) is 2.27. The van der Waals surface area contributed by atoms with Crippen molar-refractivity contribution in [3.05, 3.63) is 24.3 Å². The van der Waals surface area contributed by atoms with Crippen molar-refractivity contribution in [1.29, 1.82) is 0 Å². The van der Waals surface area contributed by atoms with Gasteiger partial charge in [-0.25, -0.2) is 13.6 Å². The molecule has 0 fully saturated rings. The Morgan fingerprint density at radius 3 is 2.58 bits per heavy atom. The number of carbonyl (C=O) groups is 1. The van der Waals surface area contributed by atoms with E-state index in [9.17, 15) is 13.2 Å². The fraction of sp³-hybridized carbons (Fsp3) is 0.417. The second kappa shape index (κ2) is 6.53. The summed E-state index contributed by atoms with van der Waals surface area (Å²) in [7, 11) is -3.79. The summed E-state index contributed by atoms with van der Waals surface area (Å²) in [4.78, 5) is 10.7. The van der Waals surface area contributed by atoms with Gasteiger partial charge in [0.05, 0.1) is 5.69 Å². The van der Waals surface area contributed by atoms with Crippen molar-refractivity contribution < 1.29 is 18.3 Å². The van der Waals surface area contributed by atoms with E-state index in [1.165, 1.54) is 6.07 Å². The Balaban J connectivity index is 2.80. The van der Waals surface area contributed by atoms with E-state index in [0.29, 0.717) is 18.7 Å². The van der Waals surface area contributed by atoms with Gasteiger partial charge >= 0.3 is 5.97 Å². The van der Waals surface area contributed by atoms with Crippen LogP contribution in [0, 0.1) is 5.92 Å². The summed E-state index contributed by atoms with van der Waals surface area (Å²) in [6, 6.07) is 6.29. The van der Waals surface area contributed by atoms with E-state index in [-0.39, 0.29) is 17.2 Å². The van der Waals surface area contributed by atoms with Crippen LogP contribution < -0.4 is 10.5 Å². The first-order valence-corrected chi connectivity index (χ1v) is 7.46. The maximum absolute atomic E-state index is 11.4. The molecule has 1 aromatic carbocycles. The topological polar surface area (TPSA) is 109 Å². The molecule has 0 saturated heterocycles. The summed E-state index contributed by atoms with van der Waals surface area (Å²) in [5, 5.41) is 16.8. The zero-order valence-corrected chi connectivity index (χ0v) is 11.5. The highest BCUT2D eigenvalue weighted by Crippen LogP contribution is 2.20. The van der Waals surface area contributed by atoms with E-state index in [2.05, 4.69) is 5.32 Å². The fourth-order valence-corrected chi connectivity index (χ4v) is 2.44. The van der Waals surface area contributed by atoms with Crippen LogP contribution in [0.1, 0.15) is 19.8 Å². The van der Waals surface area contributed by atoms with Gasteiger partial charge in [0.25, 0.3) is 0 Å². The largest absolute Gasteiger partial charge is 0.481 e. The second-order valence-electron chi connectivity index (χ2n) is 4.29. The van der Waals surface area contributed by atoms with Gasteiger partial charge in [0.2, 0.25) is 10.0 Å². The van der Waals surface area contributed by atoms with Gasteiger partial charge in [-0.05, 0) is 18.1 Å². The van der Waals surface area contributed by atoms with Gasteiger partial charge in [0.15, 0.2) is 0 Å². The van der Waals surface area contributed by atoms with E-state index < -0.39 is 16.0 Å². The zero-order chi connectivity index (χ0) is 14.5. The number of para-hydroxylation sites is 1. The normalized spacial score (nSPS) is 12.9. The molecule has 0 aliphatic carbocycles. The third-order valence-corrected chi connectivity index (χ3v) is 3.78. The van der Waals surface area contributed by atoms with Crippen LogP contribution in [0.25, 0.3) is 0 Å². The second-order valence-corrected chi connectivity index (χ2v) is 5.82. The third-order valence-electron chi connectivity index (χ3n) is 2.82. The number of hydrogen-bond donors (Lipinski definition) is 3. The van der Waals surface area contributed by atoms with Gasteiger partial charge < -0.3 is 10.4 Å². The molecular weight excluding hydrogens is 268 g/mol. The molecule has 0 radical (unpaired) electrons. The molecule has 0 aromatic heterocycles. The summed E-state index contributed by atoms with van der Waals surface area (Å²) in [5.74, 6) is -0.931. The van der Waals surface area contributed by atoms with E-state index in [1.807, 2.05) is 6.92 Å². The zero-order valence-electron chi connectivity index (χ0n) is 10.7. The lowest BCUT2D eigenvalue weighted by Crippen LogP contribution is -2.20. The molecule has 1 unspecified atom stereocenters. The van der Waals surface area contributed by atoms with E-state index in [4.69, 9.17) is 10.2 Å². The molecule has 4 N–H and O–H groups in total. The van der Waals surface area contributed by atoms with Crippen LogP contribution in [0.3, 0.4) is 0 Å². The first-order chi connectivity index (χ1) is 8.84. The number of carboxylic acids is 1. The summed E-state index contributed by atoms with van der Waals surface area (Å²) >= 11 is 0. The van der Waals surface area contributed by atoms with Gasteiger partial charge in [-0.1, -0.05) is 25.5 Å². The van der Waals surface area contributed by atoms with Gasteiger partial charge in [0, 0.05) is 13.0 Å². The Bertz CT molecular complexity index is 542. The molecule has 0 heterocycles. The van der Waals surface area contributed by atoms with Crippen molar-refractivity contribution in [3.63, 3.8) is 0 Å². The molecular formula is C12H18N2O4S. The predicted molar refractivity (Wildman–Crippen MR) is 72.3 cm³/mol. The van der Waals surface area contributed by atoms with Crippen LogP contribution in [0.2, 0.25) is 0 Å². The first-order valence-electron chi connectivity index (χ1n) is 5.92. The van der Waals surface area contributed by atoms with E-state index >= 15 is 0 Å². The van der Waals surface area contributed by atoms with E-state index in [0.717, 1.165) is 0 Å². The highest BCUT2D eigenvalue weighted by atomic mass is 32.2. The molecule has 0 saturated carbocycles. The number of nitrogens with one attached hydrogen (secondary N) is 1. The molecule has 7 heteroatoms. The van der Waals surface area contributed by atoms with Gasteiger partial charge in [0.1, 0.15) is 4.90 Å². The van der Waals surface area contributed by atoms with Crippen molar-refractivity contribution in [3.8, 4) is 0 Å². The number of aliphatic carboxylic acids is 1. The minimum absolute atomic E-state index is 0.0141. The van der Waals surface area contributed by atoms with E-state index in [1.54, 1.807) is 18.2 Å². The van der Waals surface area contributed by atoms with Crippen molar-refractivity contribution in [1.82, 2.24) is 0 Å². The highest BCUT2D eigenvalue weighted by Gasteiger charge is 2.15. The Morgan fingerprint density at radius 2 is 2.05 bits per heavy atom. The summed E-state index contributed by atoms with van der Waals surface area (Å²) in [5.41, 5.74) is 0.397. The molecule has 0 amide bonds. The smallest absolute Gasteiger partial charge is 0.303 e. The number of carboxylic acid groups (broad SMARTS) is 1. The standard InChI is InChI=1S/C12H18N2O4S/c1-2-9(7-12(15)16)8-14-10-5-3-4-6-11(10)19(13,17)18/h3-6,9,14H,2,7-8H2,1H3,(H,15,16)(H2,13,17,18). The highest BCUT2D eigenvalue weighted by molar-refractivity contribution is 7.89. The van der Waals surface area contributed by atoms with Gasteiger partial charge in [-0.3, -0.25) is 4.79 Å². The number of primary sulfonamides is 1. The monoisotopic (exact) mass is 286 g/mol. The molecule has 1 atom stereocenters. The number of benzene rings is 1. The minimum atomic E-state index is -3.79.